The van der Waals surface area contributed by atoms with Crippen molar-refractivity contribution in [3.05, 3.63) is 47.5 Å². The second-order valence-corrected chi connectivity index (χ2v) is 3.30. The first kappa shape index (κ1) is 12.0. The number of rotatable bonds is 4. The van der Waals surface area contributed by atoms with Gasteiger partial charge in [0.05, 0.1) is 5.97 Å². The largest absolute Gasteiger partial charge is 0.545 e. The van der Waals surface area contributed by atoms with Crippen molar-refractivity contribution < 1.29 is 14.7 Å². The first-order valence-corrected chi connectivity index (χ1v) is 4.81. The van der Waals surface area contributed by atoms with E-state index in [1.54, 1.807) is 0 Å². The minimum Gasteiger partial charge on any atom is -0.545 e. The number of hydrogen-bond acceptors (Lipinski definition) is 3. The van der Waals surface area contributed by atoms with E-state index in [1.165, 1.54) is 0 Å². The van der Waals surface area contributed by atoms with Gasteiger partial charge in [-0.3, -0.25) is 4.79 Å². The van der Waals surface area contributed by atoms with Crippen LogP contribution in [0.5, 0.6) is 0 Å². The average Bonchev–Trinajstić information content (AvgIpc) is 2.25. The number of aryl methyl sites for hydroxylation is 1. The summed E-state index contributed by atoms with van der Waals surface area (Å²) in [5, 5.41) is 12.6. The Hall–Kier alpha value is -2.10. The summed E-state index contributed by atoms with van der Waals surface area (Å²) in [6, 6.07) is 7.64. The van der Waals surface area contributed by atoms with Crippen molar-refractivity contribution >= 4 is 11.9 Å². The smallest absolute Gasteiger partial charge is 0.244 e. The standard InChI is InChI=1S/C12H13NO3/c1-9-4-2-3-5-10(9)8-13-11(14)6-7-12(15)16/h2-7H,8H2,1H3,(H,13,14)(H,15,16)/p-1. The van der Waals surface area contributed by atoms with Gasteiger partial charge in [-0.2, -0.15) is 0 Å². The Morgan fingerprint density at radius 1 is 1.31 bits per heavy atom. The highest BCUT2D eigenvalue weighted by molar-refractivity contribution is 5.93. The van der Waals surface area contributed by atoms with Crippen molar-refractivity contribution in [1.29, 1.82) is 0 Å². The van der Waals surface area contributed by atoms with Gasteiger partial charge in [-0.05, 0) is 24.1 Å². The Bertz CT molecular complexity index is 424. The molecule has 16 heavy (non-hydrogen) atoms. The minimum atomic E-state index is -1.38. The van der Waals surface area contributed by atoms with Gasteiger partial charge in [0.1, 0.15) is 0 Å². The number of carboxylic acids is 1. The highest BCUT2D eigenvalue weighted by Crippen LogP contribution is 2.05. The lowest BCUT2D eigenvalue weighted by atomic mass is 10.1. The SMILES string of the molecule is Cc1ccccc1CNC(=O)C=CC(=O)[O-]. The molecule has 0 saturated heterocycles. The molecule has 4 heteroatoms. The molecule has 0 unspecified atom stereocenters. The third-order valence-electron chi connectivity index (χ3n) is 2.09. The highest BCUT2D eigenvalue weighted by atomic mass is 16.4. The zero-order chi connectivity index (χ0) is 12.0. The Morgan fingerprint density at radius 3 is 2.62 bits per heavy atom. The fraction of sp³-hybridized carbons (Fsp3) is 0.167. The van der Waals surface area contributed by atoms with Gasteiger partial charge in [0.15, 0.2) is 0 Å². The molecule has 1 rings (SSSR count). The van der Waals surface area contributed by atoms with Crippen LogP contribution in [0.25, 0.3) is 0 Å². The Labute approximate surface area is 93.6 Å². The predicted molar refractivity (Wildman–Crippen MR) is 57.2 cm³/mol. The fourth-order valence-corrected chi connectivity index (χ4v) is 1.19. The lowest BCUT2D eigenvalue weighted by Gasteiger charge is -2.05. The molecule has 0 aliphatic rings. The second-order valence-electron chi connectivity index (χ2n) is 3.30. The highest BCUT2D eigenvalue weighted by Gasteiger charge is 1.98. The van der Waals surface area contributed by atoms with Crippen LogP contribution >= 0.6 is 0 Å². The first-order chi connectivity index (χ1) is 7.59. The molecule has 0 radical (unpaired) electrons. The van der Waals surface area contributed by atoms with Gasteiger partial charge in [-0.25, -0.2) is 0 Å². The number of amides is 1. The fourth-order valence-electron chi connectivity index (χ4n) is 1.19. The monoisotopic (exact) mass is 218 g/mol. The normalized spacial score (nSPS) is 10.3. The molecule has 0 aliphatic heterocycles. The zero-order valence-corrected chi connectivity index (χ0v) is 8.90. The summed E-state index contributed by atoms with van der Waals surface area (Å²) in [4.78, 5) is 21.2. The molecule has 0 aromatic heterocycles. The zero-order valence-electron chi connectivity index (χ0n) is 8.90. The van der Waals surface area contributed by atoms with Crippen LogP contribution in [-0.4, -0.2) is 11.9 Å². The van der Waals surface area contributed by atoms with Gasteiger partial charge in [-0.1, -0.05) is 24.3 Å². The van der Waals surface area contributed by atoms with Crippen LogP contribution in [0.15, 0.2) is 36.4 Å². The Kier molecular flexibility index (Phi) is 4.27. The number of nitrogens with one attached hydrogen (secondary N) is 1. The molecule has 0 atom stereocenters. The van der Waals surface area contributed by atoms with E-state index in [9.17, 15) is 14.7 Å². The van der Waals surface area contributed by atoms with Crippen LogP contribution in [0.3, 0.4) is 0 Å². The van der Waals surface area contributed by atoms with Crippen LogP contribution in [-0.2, 0) is 16.1 Å². The van der Waals surface area contributed by atoms with E-state index in [-0.39, 0.29) is 0 Å². The molecule has 0 aliphatic carbocycles. The summed E-state index contributed by atoms with van der Waals surface area (Å²) in [5.74, 6) is -1.83. The average molecular weight is 218 g/mol. The Morgan fingerprint density at radius 2 is 2.00 bits per heavy atom. The number of carboxylic acid groups (broad SMARTS) is 1. The van der Waals surface area contributed by atoms with E-state index in [0.717, 1.165) is 17.2 Å². The summed E-state index contributed by atoms with van der Waals surface area (Å²) in [6.45, 7) is 2.32. The third-order valence-corrected chi connectivity index (χ3v) is 2.09. The number of hydrogen-bond donors (Lipinski definition) is 1. The lowest BCUT2D eigenvalue weighted by Crippen LogP contribution is -2.23. The molecule has 4 nitrogen and oxygen atoms in total. The van der Waals surface area contributed by atoms with E-state index in [0.29, 0.717) is 12.6 Å². The maximum Gasteiger partial charge on any atom is 0.244 e. The van der Waals surface area contributed by atoms with Crippen molar-refractivity contribution in [3.63, 3.8) is 0 Å². The van der Waals surface area contributed by atoms with Crippen molar-refractivity contribution in [3.8, 4) is 0 Å². The van der Waals surface area contributed by atoms with Crippen LogP contribution in [0.1, 0.15) is 11.1 Å². The summed E-state index contributed by atoms with van der Waals surface area (Å²) < 4.78 is 0. The van der Waals surface area contributed by atoms with Crippen molar-refractivity contribution in [2.45, 2.75) is 13.5 Å². The van der Waals surface area contributed by atoms with Crippen LogP contribution in [0.2, 0.25) is 0 Å². The van der Waals surface area contributed by atoms with Crippen molar-refractivity contribution in [2.24, 2.45) is 0 Å². The molecule has 1 aromatic carbocycles. The number of carbonyl (C=O) groups excluding carboxylic acids is 2. The number of aliphatic carboxylic acids is 1. The molecule has 0 bridgehead atoms. The summed E-state index contributed by atoms with van der Waals surface area (Å²) in [6.07, 6.45) is 1.64. The number of benzene rings is 1. The van der Waals surface area contributed by atoms with Gasteiger partial charge in [0.25, 0.3) is 0 Å². The van der Waals surface area contributed by atoms with Gasteiger partial charge >= 0.3 is 0 Å². The molecule has 1 amide bonds. The molecular weight excluding hydrogens is 206 g/mol. The Balaban J connectivity index is 2.49. The topological polar surface area (TPSA) is 69.2 Å². The van der Waals surface area contributed by atoms with E-state index in [1.807, 2.05) is 31.2 Å². The quantitative estimate of drug-likeness (QED) is 0.718. The molecule has 0 saturated carbocycles. The minimum absolute atomic E-state index is 0.378. The van der Waals surface area contributed by atoms with Gasteiger partial charge in [-0.15, -0.1) is 0 Å². The molecule has 0 heterocycles. The second kappa shape index (κ2) is 5.70. The lowest BCUT2D eigenvalue weighted by molar-refractivity contribution is -0.297. The first-order valence-electron chi connectivity index (χ1n) is 4.81. The van der Waals surface area contributed by atoms with Crippen LogP contribution in [0, 0.1) is 6.92 Å². The predicted octanol–water partition coefficient (Wildman–Crippen LogP) is -0.0827. The van der Waals surface area contributed by atoms with Crippen molar-refractivity contribution in [1.82, 2.24) is 5.32 Å². The van der Waals surface area contributed by atoms with Crippen LogP contribution < -0.4 is 10.4 Å². The molecule has 0 spiro atoms. The van der Waals surface area contributed by atoms with Crippen molar-refractivity contribution in [2.75, 3.05) is 0 Å². The third kappa shape index (κ3) is 3.96. The van der Waals surface area contributed by atoms with Gasteiger partial charge in [0, 0.05) is 12.6 Å². The number of carbonyl (C=O) groups is 2. The maximum atomic E-state index is 11.1. The van der Waals surface area contributed by atoms with E-state index in [2.05, 4.69) is 5.32 Å². The molecule has 84 valence electrons. The molecule has 0 fully saturated rings. The van der Waals surface area contributed by atoms with E-state index in [4.69, 9.17) is 0 Å². The van der Waals surface area contributed by atoms with E-state index >= 15 is 0 Å². The molecule has 1 N–H and O–H groups in total. The summed E-state index contributed by atoms with van der Waals surface area (Å²) in [7, 11) is 0. The maximum absolute atomic E-state index is 11.1. The molecular formula is C12H12NO3-. The van der Waals surface area contributed by atoms with Gasteiger partial charge in [0.2, 0.25) is 5.91 Å². The summed E-state index contributed by atoms with van der Waals surface area (Å²) in [5.41, 5.74) is 2.07. The van der Waals surface area contributed by atoms with E-state index < -0.39 is 11.9 Å². The van der Waals surface area contributed by atoms with Crippen LogP contribution in [0.4, 0.5) is 0 Å². The molecule has 1 aromatic rings. The summed E-state index contributed by atoms with van der Waals surface area (Å²) >= 11 is 0. The van der Waals surface area contributed by atoms with Gasteiger partial charge < -0.3 is 15.2 Å².